The van der Waals surface area contributed by atoms with Crippen molar-refractivity contribution < 1.29 is 19.1 Å². The van der Waals surface area contributed by atoms with E-state index >= 15 is 0 Å². The van der Waals surface area contributed by atoms with E-state index in [0.717, 1.165) is 0 Å². The highest BCUT2D eigenvalue weighted by Gasteiger charge is 2.26. The summed E-state index contributed by atoms with van der Waals surface area (Å²) >= 11 is 0. The van der Waals surface area contributed by atoms with Crippen LogP contribution in [0.25, 0.3) is 10.8 Å². The summed E-state index contributed by atoms with van der Waals surface area (Å²) in [5.74, 6) is -1.47. The van der Waals surface area contributed by atoms with Gasteiger partial charge in [0.15, 0.2) is 5.78 Å². The molecule has 0 unspecified atom stereocenters. The van der Waals surface area contributed by atoms with Crippen LogP contribution >= 0.6 is 0 Å². The zero-order valence-electron chi connectivity index (χ0n) is 12.0. The van der Waals surface area contributed by atoms with Crippen LogP contribution in [0.15, 0.2) is 36.4 Å². The summed E-state index contributed by atoms with van der Waals surface area (Å²) in [6.45, 7) is 3.48. The predicted molar refractivity (Wildman–Crippen MR) is 78.9 cm³/mol. The first-order valence-corrected chi connectivity index (χ1v) is 6.72. The van der Waals surface area contributed by atoms with E-state index in [1.807, 2.05) is 0 Å². The number of hydrogen-bond donors (Lipinski definition) is 1. The number of carboxylic acids is 1. The monoisotopic (exact) mass is 288 g/mol. The van der Waals surface area contributed by atoms with Crippen molar-refractivity contribution in [3.8, 4) is 0 Å². The molecule has 110 valence electrons. The first kappa shape index (κ1) is 15.2. The van der Waals surface area contributed by atoms with Crippen molar-refractivity contribution in [1.82, 2.24) is 0 Å². The van der Waals surface area contributed by atoms with E-state index in [0.29, 0.717) is 16.3 Å². The van der Waals surface area contributed by atoms with Gasteiger partial charge in [-0.1, -0.05) is 38.1 Å². The van der Waals surface area contributed by atoms with Crippen molar-refractivity contribution in [1.29, 1.82) is 0 Å². The fraction of sp³-hybridized carbons (Fsp3) is 0.294. The lowest BCUT2D eigenvalue weighted by Crippen LogP contribution is -2.21. The average Bonchev–Trinajstić information content (AvgIpc) is 2.37. The molecular weight excluding hydrogens is 271 g/mol. The minimum absolute atomic E-state index is 0.0854. The number of fused-ring (bicyclic) bond motifs is 1. The topological polar surface area (TPSA) is 54.4 Å². The Labute approximate surface area is 122 Å². The number of carboxylic acid groups (broad SMARTS) is 1. The van der Waals surface area contributed by atoms with Crippen molar-refractivity contribution in [2.45, 2.75) is 26.7 Å². The van der Waals surface area contributed by atoms with Crippen LogP contribution in [0.3, 0.4) is 0 Å². The van der Waals surface area contributed by atoms with Crippen molar-refractivity contribution >= 4 is 22.5 Å². The van der Waals surface area contributed by atoms with E-state index in [2.05, 4.69) is 0 Å². The molecule has 2 rings (SSSR count). The SMILES string of the molecule is CC(C)(CC(=O)O)CC(=O)c1ccc(F)c2ccccc12. The van der Waals surface area contributed by atoms with Crippen LogP contribution in [-0.2, 0) is 4.79 Å². The molecule has 3 nitrogen and oxygen atoms in total. The summed E-state index contributed by atoms with van der Waals surface area (Å²) in [5.41, 5.74) is -0.205. The Morgan fingerprint density at radius 1 is 1.05 bits per heavy atom. The Bertz CT molecular complexity index is 704. The van der Waals surface area contributed by atoms with E-state index in [1.54, 1.807) is 38.1 Å². The van der Waals surface area contributed by atoms with Gasteiger partial charge in [0.1, 0.15) is 5.82 Å². The van der Waals surface area contributed by atoms with Crippen molar-refractivity contribution in [2.75, 3.05) is 0 Å². The molecule has 0 atom stereocenters. The molecule has 0 aliphatic heterocycles. The lowest BCUT2D eigenvalue weighted by Gasteiger charge is -2.21. The molecule has 2 aromatic carbocycles. The number of halogens is 1. The molecule has 1 N–H and O–H groups in total. The average molecular weight is 288 g/mol. The lowest BCUT2D eigenvalue weighted by atomic mass is 9.82. The first-order chi connectivity index (χ1) is 9.80. The highest BCUT2D eigenvalue weighted by molar-refractivity contribution is 6.08. The van der Waals surface area contributed by atoms with E-state index in [1.165, 1.54) is 12.1 Å². The Morgan fingerprint density at radius 2 is 1.67 bits per heavy atom. The largest absolute Gasteiger partial charge is 0.481 e. The highest BCUT2D eigenvalue weighted by atomic mass is 19.1. The van der Waals surface area contributed by atoms with E-state index in [4.69, 9.17) is 5.11 Å². The van der Waals surface area contributed by atoms with Gasteiger partial charge in [0.25, 0.3) is 0 Å². The van der Waals surface area contributed by atoms with E-state index < -0.39 is 11.4 Å². The maximum atomic E-state index is 13.8. The van der Waals surface area contributed by atoms with Crippen molar-refractivity contribution in [2.24, 2.45) is 5.41 Å². The van der Waals surface area contributed by atoms with Crippen molar-refractivity contribution in [3.63, 3.8) is 0 Å². The number of rotatable bonds is 5. The van der Waals surface area contributed by atoms with Crippen LogP contribution < -0.4 is 0 Å². The molecule has 0 saturated heterocycles. The minimum atomic E-state index is -0.934. The van der Waals surface area contributed by atoms with Gasteiger partial charge >= 0.3 is 5.97 Å². The zero-order chi connectivity index (χ0) is 15.6. The maximum Gasteiger partial charge on any atom is 0.303 e. The number of benzene rings is 2. The molecule has 0 bridgehead atoms. The molecule has 21 heavy (non-hydrogen) atoms. The number of hydrogen-bond acceptors (Lipinski definition) is 2. The molecule has 0 radical (unpaired) electrons. The smallest absolute Gasteiger partial charge is 0.303 e. The van der Waals surface area contributed by atoms with Crippen LogP contribution in [0.1, 0.15) is 37.0 Å². The normalized spacial score (nSPS) is 11.6. The van der Waals surface area contributed by atoms with Crippen LogP contribution in [0.4, 0.5) is 4.39 Å². The van der Waals surface area contributed by atoms with Gasteiger partial charge in [-0.05, 0) is 22.9 Å². The Morgan fingerprint density at radius 3 is 2.29 bits per heavy atom. The molecule has 0 aliphatic carbocycles. The maximum absolute atomic E-state index is 13.8. The molecule has 0 amide bonds. The molecule has 0 saturated carbocycles. The summed E-state index contributed by atoms with van der Waals surface area (Å²) < 4.78 is 13.8. The molecule has 2 aromatic rings. The molecule has 0 fully saturated rings. The first-order valence-electron chi connectivity index (χ1n) is 6.72. The van der Waals surface area contributed by atoms with Gasteiger partial charge < -0.3 is 5.11 Å². The molecule has 0 aromatic heterocycles. The van der Waals surface area contributed by atoms with Crippen LogP contribution in [0.5, 0.6) is 0 Å². The van der Waals surface area contributed by atoms with Gasteiger partial charge in [-0.15, -0.1) is 0 Å². The highest BCUT2D eigenvalue weighted by Crippen LogP contribution is 2.30. The quantitative estimate of drug-likeness (QED) is 0.844. The van der Waals surface area contributed by atoms with Crippen LogP contribution in [-0.4, -0.2) is 16.9 Å². The fourth-order valence-electron chi connectivity index (χ4n) is 2.51. The predicted octanol–water partition coefficient (Wildman–Crippen LogP) is 4.05. The number of carbonyl (C=O) groups is 2. The summed E-state index contributed by atoms with van der Waals surface area (Å²) in [5, 5.41) is 9.85. The lowest BCUT2D eigenvalue weighted by molar-refractivity contribution is -0.139. The summed E-state index contributed by atoms with van der Waals surface area (Å²) in [4.78, 5) is 23.3. The number of Topliss-reactive ketones (excluding diaryl/α,β-unsaturated/α-hetero) is 1. The van der Waals surface area contributed by atoms with Gasteiger partial charge in [0.2, 0.25) is 0 Å². The summed E-state index contributed by atoms with van der Waals surface area (Å²) in [6, 6.07) is 9.55. The molecule has 0 spiro atoms. The van der Waals surface area contributed by atoms with Crippen LogP contribution in [0, 0.1) is 11.2 Å². The van der Waals surface area contributed by atoms with Crippen molar-refractivity contribution in [3.05, 3.63) is 47.8 Å². The minimum Gasteiger partial charge on any atom is -0.481 e. The van der Waals surface area contributed by atoms with Gasteiger partial charge in [-0.2, -0.15) is 0 Å². The Balaban J connectivity index is 2.37. The molecule has 4 heteroatoms. The van der Waals surface area contributed by atoms with Gasteiger partial charge in [0, 0.05) is 17.4 Å². The standard InChI is InChI=1S/C17H17FO3/c1-17(2,10-16(20)21)9-15(19)13-7-8-14(18)12-6-4-3-5-11(12)13/h3-8H,9-10H2,1-2H3,(H,20,21). The third kappa shape index (κ3) is 3.45. The van der Waals surface area contributed by atoms with Gasteiger partial charge in [0.05, 0.1) is 6.42 Å². The third-order valence-corrected chi connectivity index (χ3v) is 3.44. The second kappa shape index (κ2) is 5.64. The molecular formula is C17H17FO3. The number of ketones is 1. The molecule has 0 heterocycles. The fourth-order valence-corrected chi connectivity index (χ4v) is 2.51. The second-order valence-electron chi connectivity index (χ2n) is 5.98. The zero-order valence-corrected chi connectivity index (χ0v) is 12.0. The van der Waals surface area contributed by atoms with E-state index in [9.17, 15) is 14.0 Å². The third-order valence-electron chi connectivity index (χ3n) is 3.44. The second-order valence-corrected chi connectivity index (χ2v) is 5.98. The summed E-state index contributed by atoms with van der Waals surface area (Å²) in [6.07, 6.45) is 0.0206. The molecule has 0 aliphatic rings. The number of aliphatic carboxylic acids is 1. The van der Waals surface area contributed by atoms with Gasteiger partial charge in [-0.3, -0.25) is 9.59 Å². The Hall–Kier alpha value is -2.23. The van der Waals surface area contributed by atoms with Gasteiger partial charge in [-0.25, -0.2) is 4.39 Å². The summed E-state index contributed by atoms with van der Waals surface area (Å²) in [7, 11) is 0. The van der Waals surface area contributed by atoms with Crippen LogP contribution in [0.2, 0.25) is 0 Å². The van der Waals surface area contributed by atoms with E-state index in [-0.39, 0.29) is 24.4 Å². The Kier molecular flexibility index (Phi) is 4.07. The number of carbonyl (C=O) groups excluding carboxylic acids is 1.